The average Bonchev–Trinajstić information content (AvgIpc) is 2.99. The molecule has 1 aromatic heterocycles. The summed E-state index contributed by atoms with van der Waals surface area (Å²) in [4.78, 5) is 18.6. The summed E-state index contributed by atoms with van der Waals surface area (Å²) < 4.78 is 5.68. The molecule has 4 heteroatoms. The highest BCUT2D eigenvalue weighted by atomic mass is 16.5. The minimum absolute atomic E-state index is 0.175. The summed E-state index contributed by atoms with van der Waals surface area (Å²) in [5.74, 6) is 1.30. The van der Waals surface area contributed by atoms with Gasteiger partial charge in [0.25, 0.3) is 0 Å². The lowest BCUT2D eigenvalue weighted by atomic mass is 9.97. The summed E-state index contributed by atoms with van der Waals surface area (Å²) in [6.45, 7) is 4.12. The Morgan fingerprint density at radius 1 is 1.26 bits per heavy atom. The fraction of sp³-hybridized carbons (Fsp3) is 0.368. The fourth-order valence-electron chi connectivity index (χ4n) is 3.01. The van der Waals surface area contributed by atoms with E-state index in [1.807, 2.05) is 42.2 Å². The van der Waals surface area contributed by atoms with Crippen molar-refractivity contribution in [1.82, 2.24) is 9.88 Å². The van der Waals surface area contributed by atoms with Crippen molar-refractivity contribution in [1.29, 1.82) is 0 Å². The van der Waals surface area contributed by atoms with Crippen LogP contribution in [0.3, 0.4) is 0 Å². The molecule has 0 fully saturated rings. The van der Waals surface area contributed by atoms with E-state index in [-0.39, 0.29) is 11.8 Å². The van der Waals surface area contributed by atoms with Gasteiger partial charge >= 0.3 is 0 Å². The van der Waals surface area contributed by atoms with Crippen molar-refractivity contribution in [3.8, 4) is 5.75 Å². The number of pyridine rings is 1. The highest BCUT2D eigenvalue weighted by Crippen LogP contribution is 2.35. The second kappa shape index (κ2) is 7.27. The van der Waals surface area contributed by atoms with Gasteiger partial charge in [0.1, 0.15) is 5.75 Å². The normalized spacial score (nSPS) is 15.8. The number of hydrogen-bond donors (Lipinski definition) is 0. The van der Waals surface area contributed by atoms with Crippen molar-refractivity contribution in [2.24, 2.45) is 0 Å². The number of likely N-dealkylation sites (N-methyl/N-ethyl adjacent to an activating group) is 1. The van der Waals surface area contributed by atoms with Gasteiger partial charge in [0.15, 0.2) is 0 Å². The van der Waals surface area contributed by atoms with E-state index >= 15 is 0 Å². The van der Waals surface area contributed by atoms with Gasteiger partial charge in [-0.15, -0.1) is 0 Å². The number of carbonyl (C=O) groups is 1. The molecule has 3 rings (SSSR count). The highest BCUT2D eigenvalue weighted by molar-refractivity contribution is 5.77. The van der Waals surface area contributed by atoms with Gasteiger partial charge in [-0.05, 0) is 37.1 Å². The maximum Gasteiger partial charge on any atom is 0.223 e. The van der Waals surface area contributed by atoms with Gasteiger partial charge < -0.3 is 9.64 Å². The molecule has 1 atom stereocenters. The molecule has 2 aromatic rings. The maximum atomic E-state index is 12.6. The molecule has 1 amide bonds. The number of nitrogens with zero attached hydrogens (tertiary/aromatic N) is 2. The van der Waals surface area contributed by atoms with Gasteiger partial charge in [0.2, 0.25) is 5.91 Å². The van der Waals surface area contributed by atoms with Gasteiger partial charge in [-0.1, -0.05) is 18.2 Å². The number of carbonyl (C=O) groups excluding carboxylic acids is 1. The molecule has 0 radical (unpaired) electrons. The molecule has 0 bridgehead atoms. The molecule has 0 N–H and O–H groups in total. The highest BCUT2D eigenvalue weighted by Gasteiger charge is 2.27. The van der Waals surface area contributed by atoms with Crippen molar-refractivity contribution < 1.29 is 9.53 Å². The fourth-order valence-corrected chi connectivity index (χ4v) is 3.01. The Bertz CT molecular complexity index is 657. The number of rotatable bonds is 6. The Morgan fingerprint density at radius 2 is 2.04 bits per heavy atom. The second-order valence-corrected chi connectivity index (χ2v) is 5.83. The van der Waals surface area contributed by atoms with Crippen molar-refractivity contribution in [3.63, 3.8) is 0 Å². The van der Waals surface area contributed by atoms with Crippen LogP contribution in [0.1, 0.15) is 30.4 Å². The standard InChI is InChI=1S/C19H22N2O2/c1-2-21(12-9-15-7-10-20-11-8-15)19(22)13-16-14-23-18-6-4-3-5-17(16)18/h3-8,10-11,16H,2,9,12-14H2,1H3. The van der Waals surface area contributed by atoms with Gasteiger partial charge in [-0.3, -0.25) is 9.78 Å². The Balaban J connectivity index is 1.58. The van der Waals surface area contributed by atoms with Gasteiger partial charge in [0.05, 0.1) is 6.61 Å². The van der Waals surface area contributed by atoms with E-state index in [9.17, 15) is 4.79 Å². The van der Waals surface area contributed by atoms with Crippen LogP contribution in [-0.4, -0.2) is 35.5 Å². The van der Waals surface area contributed by atoms with Crippen LogP contribution >= 0.6 is 0 Å². The quantitative estimate of drug-likeness (QED) is 0.823. The third kappa shape index (κ3) is 3.70. The zero-order chi connectivity index (χ0) is 16.1. The Kier molecular flexibility index (Phi) is 4.91. The van der Waals surface area contributed by atoms with E-state index in [1.54, 1.807) is 12.4 Å². The number of amides is 1. The summed E-state index contributed by atoms with van der Waals surface area (Å²) in [6, 6.07) is 12.0. The van der Waals surface area contributed by atoms with Crippen LogP contribution in [0.4, 0.5) is 0 Å². The number of para-hydroxylation sites is 1. The first-order valence-corrected chi connectivity index (χ1v) is 8.16. The molecular formula is C19H22N2O2. The van der Waals surface area contributed by atoms with Crippen LogP contribution in [0, 0.1) is 0 Å². The summed E-state index contributed by atoms with van der Waals surface area (Å²) in [7, 11) is 0. The zero-order valence-electron chi connectivity index (χ0n) is 13.4. The molecule has 1 aromatic carbocycles. The first-order valence-electron chi connectivity index (χ1n) is 8.16. The Morgan fingerprint density at radius 3 is 2.83 bits per heavy atom. The van der Waals surface area contributed by atoms with Crippen molar-refractivity contribution in [3.05, 3.63) is 59.9 Å². The third-order valence-corrected chi connectivity index (χ3v) is 4.37. The van der Waals surface area contributed by atoms with Gasteiger partial charge in [-0.25, -0.2) is 0 Å². The number of aromatic nitrogens is 1. The minimum atomic E-state index is 0.175. The second-order valence-electron chi connectivity index (χ2n) is 5.83. The van der Waals surface area contributed by atoms with Crippen LogP contribution in [-0.2, 0) is 11.2 Å². The van der Waals surface area contributed by atoms with Gasteiger partial charge in [0, 0.05) is 43.4 Å². The molecule has 2 heterocycles. The van der Waals surface area contributed by atoms with Crippen LogP contribution in [0.25, 0.3) is 0 Å². The molecule has 0 saturated heterocycles. The molecule has 0 aliphatic carbocycles. The number of hydrogen-bond acceptors (Lipinski definition) is 3. The third-order valence-electron chi connectivity index (χ3n) is 4.37. The maximum absolute atomic E-state index is 12.6. The molecule has 1 aliphatic heterocycles. The molecule has 23 heavy (non-hydrogen) atoms. The number of fused-ring (bicyclic) bond motifs is 1. The Hall–Kier alpha value is -2.36. The number of ether oxygens (including phenoxy) is 1. The summed E-state index contributed by atoms with van der Waals surface area (Å²) in [6.07, 6.45) is 4.96. The molecule has 4 nitrogen and oxygen atoms in total. The smallest absolute Gasteiger partial charge is 0.223 e. The predicted molar refractivity (Wildman–Crippen MR) is 89.5 cm³/mol. The van der Waals surface area contributed by atoms with Crippen LogP contribution in [0.15, 0.2) is 48.8 Å². The molecule has 120 valence electrons. The monoisotopic (exact) mass is 310 g/mol. The van der Waals surface area contributed by atoms with Crippen LogP contribution in [0.5, 0.6) is 5.75 Å². The average molecular weight is 310 g/mol. The van der Waals surface area contributed by atoms with Crippen molar-refractivity contribution >= 4 is 5.91 Å². The predicted octanol–water partition coefficient (Wildman–Crippen LogP) is 3.04. The lowest BCUT2D eigenvalue weighted by Crippen LogP contribution is -2.33. The summed E-state index contributed by atoms with van der Waals surface area (Å²) >= 11 is 0. The molecule has 0 saturated carbocycles. The molecule has 1 unspecified atom stereocenters. The van der Waals surface area contributed by atoms with Crippen LogP contribution in [0.2, 0.25) is 0 Å². The summed E-state index contributed by atoms with van der Waals surface area (Å²) in [5.41, 5.74) is 2.37. The minimum Gasteiger partial charge on any atom is -0.493 e. The van der Waals surface area contributed by atoms with E-state index in [4.69, 9.17) is 4.74 Å². The van der Waals surface area contributed by atoms with E-state index in [1.165, 1.54) is 5.56 Å². The molecule has 0 spiro atoms. The number of benzene rings is 1. The topological polar surface area (TPSA) is 42.4 Å². The van der Waals surface area contributed by atoms with Crippen molar-refractivity contribution in [2.45, 2.75) is 25.7 Å². The van der Waals surface area contributed by atoms with Crippen molar-refractivity contribution in [2.75, 3.05) is 19.7 Å². The SMILES string of the molecule is CCN(CCc1ccncc1)C(=O)CC1COc2ccccc21. The van der Waals surface area contributed by atoms with E-state index in [0.717, 1.165) is 30.8 Å². The Labute approximate surface area is 137 Å². The lowest BCUT2D eigenvalue weighted by molar-refractivity contribution is -0.131. The van der Waals surface area contributed by atoms with E-state index in [0.29, 0.717) is 13.0 Å². The van der Waals surface area contributed by atoms with E-state index in [2.05, 4.69) is 11.1 Å². The largest absolute Gasteiger partial charge is 0.493 e. The molecule has 1 aliphatic rings. The first kappa shape index (κ1) is 15.5. The summed E-state index contributed by atoms with van der Waals surface area (Å²) in [5, 5.41) is 0. The van der Waals surface area contributed by atoms with E-state index < -0.39 is 0 Å². The van der Waals surface area contributed by atoms with Crippen LogP contribution < -0.4 is 4.74 Å². The lowest BCUT2D eigenvalue weighted by Gasteiger charge is -2.22. The van der Waals surface area contributed by atoms with Gasteiger partial charge in [-0.2, -0.15) is 0 Å². The zero-order valence-corrected chi connectivity index (χ0v) is 13.4. The first-order chi connectivity index (χ1) is 11.3. The molecular weight excluding hydrogens is 288 g/mol.